The monoisotopic (exact) mass is 293 g/mol. The number of alkyl halides is 1. The van der Waals surface area contributed by atoms with Gasteiger partial charge in [0.2, 0.25) is 0 Å². The number of nitrogens with zero attached hydrogens (tertiary/aromatic N) is 3. The molecule has 1 fully saturated rings. The predicted molar refractivity (Wildman–Crippen MR) is 79.0 cm³/mol. The normalized spacial score (nSPS) is 17.4. The second-order valence-corrected chi connectivity index (χ2v) is 5.44. The first-order valence-electron chi connectivity index (χ1n) is 6.67. The number of aromatic nitrogens is 2. The molecule has 2 aromatic rings. The van der Waals surface area contributed by atoms with Crippen LogP contribution in [-0.4, -0.2) is 36.0 Å². The van der Waals surface area contributed by atoms with E-state index in [1.165, 1.54) is 0 Å². The fourth-order valence-corrected chi connectivity index (χ4v) is 2.57. The van der Waals surface area contributed by atoms with Gasteiger partial charge in [-0.3, -0.25) is 4.79 Å². The summed E-state index contributed by atoms with van der Waals surface area (Å²) in [6.45, 7) is 4.37. The summed E-state index contributed by atoms with van der Waals surface area (Å²) < 4.78 is 6.95. The molecule has 0 spiro atoms. The van der Waals surface area contributed by atoms with Gasteiger partial charge in [-0.15, -0.1) is 11.6 Å². The van der Waals surface area contributed by atoms with E-state index in [0.717, 1.165) is 0 Å². The summed E-state index contributed by atoms with van der Waals surface area (Å²) in [5.41, 5.74) is 0.615. The van der Waals surface area contributed by atoms with Crippen LogP contribution in [0.2, 0.25) is 0 Å². The van der Waals surface area contributed by atoms with Crippen LogP contribution in [-0.2, 0) is 4.74 Å². The van der Waals surface area contributed by atoms with Gasteiger partial charge in [0.1, 0.15) is 5.82 Å². The first-order chi connectivity index (χ1) is 9.68. The SMILES string of the molecule is CC(Cl)c1nc2ccccc2c(=O)n1N1CCOCC1. The van der Waals surface area contributed by atoms with Crippen molar-refractivity contribution >= 4 is 22.5 Å². The Bertz CT molecular complexity index is 678. The first kappa shape index (κ1) is 13.4. The van der Waals surface area contributed by atoms with Gasteiger partial charge >= 0.3 is 0 Å². The number of rotatable bonds is 2. The summed E-state index contributed by atoms with van der Waals surface area (Å²) in [6, 6.07) is 7.35. The van der Waals surface area contributed by atoms with E-state index in [1.807, 2.05) is 30.1 Å². The van der Waals surface area contributed by atoms with Gasteiger partial charge in [-0.1, -0.05) is 12.1 Å². The van der Waals surface area contributed by atoms with Crippen LogP contribution in [0.1, 0.15) is 18.1 Å². The molecule has 0 N–H and O–H groups in total. The van der Waals surface area contributed by atoms with E-state index in [4.69, 9.17) is 16.3 Å². The second kappa shape index (κ2) is 5.42. The number of morpholine rings is 1. The molecule has 0 saturated carbocycles. The molecule has 0 bridgehead atoms. The zero-order valence-corrected chi connectivity index (χ0v) is 12.0. The van der Waals surface area contributed by atoms with Crippen molar-refractivity contribution in [3.05, 3.63) is 40.4 Å². The quantitative estimate of drug-likeness (QED) is 0.790. The largest absolute Gasteiger partial charge is 0.378 e. The Labute approximate surface area is 121 Å². The molecule has 0 radical (unpaired) electrons. The lowest BCUT2D eigenvalue weighted by atomic mass is 10.2. The van der Waals surface area contributed by atoms with Gasteiger partial charge in [-0.25, -0.2) is 9.66 Å². The molecule has 1 atom stereocenters. The highest BCUT2D eigenvalue weighted by Crippen LogP contribution is 2.19. The lowest BCUT2D eigenvalue weighted by Gasteiger charge is -2.32. The second-order valence-electron chi connectivity index (χ2n) is 4.79. The van der Waals surface area contributed by atoms with Gasteiger partial charge in [0.25, 0.3) is 5.56 Å². The Kier molecular flexibility index (Phi) is 3.63. The molecule has 0 aliphatic carbocycles. The number of hydrogen-bond donors (Lipinski definition) is 0. The van der Waals surface area contributed by atoms with E-state index in [2.05, 4.69) is 4.98 Å². The summed E-state index contributed by atoms with van der Waals surface area (Å²) in [4.78, 5) is 17.3. The van der Waals surface area contributed by atoms with Crippen LogP contribution >= 0.6 is 11.6 Å². The van der Waals surface area contributed by atoms with Crippen LogP contribution in [0, 0.1) is 0 Å². The van der Waals surface area contributed by atoms with Crippen molar-refractivity contribution in [1.82, 2.24) is 9.66 Å². The van der Waals surface area contributed by atoms with Crippen molar-refractivity contribution in [3.8, 4) is 0 Å². The number of para-hydroxylation sites is 1. The van der Waals surface area contributed by atoms with E-state index < -0.39 is 0 Å². The molecule has 1 aliphatic heterocycles. The molecule has 6 heteroatoms. The Balaban J connectivity index is 2.24. The highest BCUT2D eigenvalue weighted by atomic mass is 35.5. The third kappa shape index (κ3) is 2.27. The maximum Gasteiger partial charge on any atom is 0.280 e. The summed E-state index contributed by atoms with van der Waals surface area (Å²) in [5, 5.41) is 2.23. The minimum Gasteiger partial charge on any atom is -0.378 e. The maximum atomic E-state index is 12.7. The Morgan fingerprint density at radius 1 is 1.30 bits per heavy atom. The van der Waals surface area contributed by atoms with E-state index >= 15 is 0 Å². The Hall–Kier alpha value is -1.59. The average molecular weight is 294 g/mol. The minimum atomic E-state index is -0.338. The van der Waals surface area contributed by atoms with Crippen molar-refractivity contribution in [2.24, 2.45) is 0 Å². The Morgan fingerprint density at radius 3 is 2.70 bits per heavy atom. The van der Waals surface area contributed by atoms with E-state index in [1.54, 1.807) is 10.7 Å². The zero-order chi connectivity index (χ0) is 14.1. The number of hydrogen-bond acceptors (Lipinski definition) is 4. The van der Waals surface area contributed by atoms with Gasteiger partial charge in [0.05, 0.1) is 42.6 Å². The molecule has 3 rings (SSSR count). The van der Waals surface area contributed by atoms with E-state index in [0.29, 0.717) is 43.0 Å². The smallest absolute Gasteiger partial charge is 0.280 e. The molecule has 106 valence electrons. The summed E-state index contributed by atoms with van der Waals surface area (Å²) >= 11 is 6.22. The number of ether oxygens (including phenoxy) is 1. The fraction of sp³-hybridized carbons (Fsp3) is 0.429. The molecule has 2 heterocycles. The van der Waals surface area contributed by atoms with Gasteiger partial charge in [0.15, 0.2) is 0 Å². The van der Waals surface area contributed by atoms with Crippen LogP contribution in [0.3, 0.4) is 0 Å². The lowest BCUT2D eigenvalue weighted by molar-refractivity contribution is 0.110. The third-order valence-corrected chi connectivity index (χ3v) is 3.60. The van der Waals surface area contributed by atoms with Crippen LogP contribution in [0.15, 0.2) is 29.1 Å². The van der Waals surface area contributed by atoms with Gasteiger partial charge < -0.3 is 9.75 Å². The summed E-state index contributed by atoms with van der Waals surface area (Å²) in [6.07, 6.45) is 0. The van der Waals surface area contributed by atoms with Crippen molar-refractivity contribution in [1.29, 1.82) is 0 Å². The van der Waals surface area contributed by atoms with Crippen molar-refractivity contribution in [2.75, 3.05) is 31.3 Å². The topological polar surface area (TPSA) is 47.4 Å². The molecular formula is C14H16ClN3O2. The number of halogens is 1. The number of benzene rings is 1. The molecular weight excluding hydrogens is 278 g/mol. The van der Waals surface area contributed by atoms with E-state index in [9.17, 15) is 4.79 Å². The molecule has 0 amide bonds. The summed E-state index contributed by atoms with van der Waals surface area (Å²) in [7, 11) is 0. The molecule has 1 unspecified atom stereocenters. The standard InChI is InChI=1S/C14H16ClN3O2/c1-10(15)13-16-12-5-3-2-4-11(12)14(19)18(13)17-6-8-20-9-7-17/h2-5,10H,6-9H2,1H3. The molecule has 1 saturated heterocycles. The first-order valence-corrected chi connectivity index (χ1v) is 7.11. The fourth-order valence-electron chi connectivity index (χ4n) is 2.43. The van der Waals surface area contributed by atoms with Crippen LogP contribution < -0.4 is 10.6 Å². The highest BCUT2D eigenvalue weighted by Gasteiger charge is 2.20. The van der Waals surface area contributed by atoms with Crippen molar-refractivity contribution in [2.45, 2.75) is 12.3 Å². The average Bonchev–Trinajstić information content (AvgIpc) is 2.48. The van der Waals surface area contributed by atoms with Crippen molar-refractivity contribution < 1.29 is 4.74 Å². The van der Waals surface area contributed by atoms with Crippen LogP contribution in [0.25, 0.3) is 10.9 Å². The van der Waals surface area contributed by atoms with E-state index in [-0.39, 0.29) is 10.9 Å². The third-order valence-electron chi connectivity index (χ3n) is 3.40. The minimum absolute atomic E-state index is 0.0694. The molecule has 1 aliphatic rings. The van der Waals surface area contributed by atoms with Gasteiger partial charge in [-0.2, -0.15) is 0 Å². The zero-order valence-electron chi connectivity index (χ0n) is 11.3. The molecule has 20 heavy (non-hydrogen) atoms. The van der Waals surface area contributed by atoms with Crippen LogP contribution in [0.4, 0.5) is 0 Å². The molecule has 1 aromatic heterocycles. The van der Waals surface area contributed by atoms with Crippen LogP contribution in [0.5, 0.6) is 0 Å². The number of fused-ring (bicyclic) bond motifs is 1. The van der Waals surface area contributed by atoms with Gasteiger partial charge in [-0.05, 0) is 19.1 Å². The maximum absolute atomic E-state index is 12.7. The lowest BCUT2D eigenvalue weighted by Crippen LogP contribution is -2.50. The Morgan fingerprint density at radius 2 is 2.00 bits per heavy atom. The summed E-state index contributed by atoms with van der Waals surface area (Å²) in [5.74, 6) is 0.581. The molecule has 1 aromatic carbocycles. The van der Waals surface area contributed by atoms with Gasteiger partial charge in [0, 0.05) is 0 Å². The molecule has 5 nitrogen and oxygen atoms in total. The highest BCUT2D eigenvalue weighted by molar-refractivity contribution is 6.20. The predicted octanol–water partition coefficient (Wildman–Crippen LogP) is 1.66. The van der Waals surface area contributed by atoms with Crippen molar-refractivity contribution in [3.63, 3.8) is 0 Å².